The fraction of sp³-hybridized carbons (Fsp3) is 0.526. The molecule has 1 saturated heterocycles. The summed E-state index contributed by atoms with van der Waals surface area (Å²) in [7, 11) is 0. The number of cyclic esters (lactones) is 2. The highest BCUT2D eigenvalue weighted by atomic mass is 16.6. The Labute approximate surface area is 147 Å². The van der Waals surface area contributed by atoms with Gasteiger partial charge in [0.2, 0.25) is 0 Å². The van der Waals surface area contributed by atoms with E-state index in [1.807, 2.05) is 30.3 Å². The monoisotopic (exact) mass is 348 g/mol. The molecular weight excluding hydrogens is 324 g/mol. The molecular formula is C19H24O6. The normalized spacial score (nSPS) is 24.6. The highest BCUT2D eigenvalue weighted by Crippen LogP contribution is 2.24. The van der Waals surface area contributed by atoms with E-state index in [0.717, 1.165) is 5.56 Å². The van der Waals surface area contributed by atoms with Crippen LogP contribution in [0.15, 0.2) is 30.3 Å². The topological polar surface area (TPSA) is 78.9 Å². The van der Waals surface area contributed by atoms with Crippen LogP contribution in [-0.2, 0) is 35.0 Å². The van der Waals surface area contributed by atoms with Crippen LogP contribution in [0, 0.1) is 11.8 Å². The zero-order chi connectivity index (χ0) is 18.4. The van der Waals surface area contributed by atoms with Crippen LogP contribution in [0.25, 0.3) is 0 Å². The smallest absolute Gasteiger partial charge is 0.313 e. The summed E-state index contributed by atoms with van der Waals surface area (Å²) in [5.74, 6) is -2.52. The summed E-state index contributed by atoms with van der Waals surface area (Å²) in [6, 6.07) is 9.39. The van der Waals surface area contributed by atoms with E-state index in [-0.39, 0.29) is 18.9 Å². The Morgan fingerprint density at radius 1 is 1.24 bits per heavy atom. The Morgan fingerprint density at radius 3 is 2.56 bits per heavy atom. The highest BCUT2D eigenvalue weighted by molar-refractivity contribution is 5.77. The first-order chi connectivity index (χ1) is 11.9. The first kappa shape index (κ1) is 19.0. The second-order valence-electron chi connectivity index (χ2n) is 6.46. The minimum atomic E-state index is -0.898. The van der Waals surface area contributed by atoms with Crippen LogP contribution in [0.2, 0.25) is 0 Å². The van der Waals surface area contributed by atoms with E-state index >= 15 is 0 Å². The SMILES string of the molecule is CC(C)C(=O)O[C@H]1C(C)OC(=O)CCOC(=O)C1Cc1ccccc1. The van der Waals surface area contributed by atoms with Gasteiger partial charge in [-0.15, -0.1) is 0 Å². The molecule has 2 rings (SSSR count). The zero-order valence-corrected chi connectivity index (χ0v) is 14.8. The molecule has 0 spiro atoms. The van der Waals surface area contributed by atoms with E-state index in [9.17, 15) is 14.4 Å². The van der Waals surface area contributed by atoms with Gasteiger partial charge in [0.25, 0.3) is 0 Å². The fourth-order valence-electron chi connectivity index (χ4n) is 2.65. The molecule has 1 aromatic rings. The van der Waals surface area contributed by atoms with Crippen molar-refractivity contribution in [3.8, 4) is 0 Å². The number of carbonyl (C=O) groups is 3. The summed E-state index contributed by atoms with van der Waals surface area (Å²) in [6.45, 7) is 5.00. The maximum atomic E-state index is 12.6. The molecule has 1 aliphatic heterocycles. The van der Waals surface area contributed by atoms with Crippen molar-refractivity contribution in [2.45, 2.75) is 45.8 Å². The molecule has 1 fully saturated rings. The molecule has 1 heterocycles. The Hall–Kier alpha value is -2.37. The highest BCUT2D eigenvalue weighted by Gasteiger charge is 2.40. The Morgan fingerprint density at radius 2 is 1.92 bits per heavy atom. The standard InChI is InChI=1S/C19H24O6/c1-12(2)18(21)25-17-13(3)24-16(20)9-10-23-19(22)15(17)11-14-7-5-4-6-8-14/h4-8,12-13,15,17H,9-11H2,1-3H3/t13?,15?,17-/m0/s1. The summed E-state index contributed by atoms with van der Waals surface area (Å²) in [5, 5.41) is 0. The van der Waals surface area contributed by atoms with Gasteiger partial charge in [-0.1, -0.05) is 44.2 Å². The average molecular weight is 348 g/mol. The van der Waals surface area contributed by atoms with Gasteiger partial charge in [0.15, 0.2) is 6.10 Å². The molecule has 0 bridgehead atoms. The fourth-order valence-corrected chi connectivity index (χ4v) is 2.65. The van der Waals surface area contributed by atoms with Crippen molar-refractivity contribution in [2.75, 3.05) is 6.61 Å². The summed E-state index contributed by atoms with van der Waals surface area (Å²) in [4.78, 5) is 36.5. The number of esters is 3. The number of ether oxygens (including phenoxy) is 3. The van der Waals surface area contributed by atoms with Crippen LogP contribution < -0.4 is 0 Å². The lowest BCUT2D eigenvalue weighted by Crippen LogP contribution is -2.43. The quantitative estimate of drug-likeness (QED) is 0.614. The van der Waals surface area contributed by atoms with Crippen molar-refractivity contribution < 1.29 is 28.6 Å². The maximum absolute atomic E-state index is 12.6. The molecule has 136 valence electrons. The number of hydrogen-bond donors (Lipinski definition) is 0. The third-order valence-electron chi connectivity index (χ3n) is 4.05. The van der Waals surface area contributed by atoms with Crippen molar-refractivity contribution in [1.29, 1.82) is 0 Å². The minimum Gasteiger partial charge on any atom is -0.465 e. The molecule has 0 aromatic heterocycles. The van der Waals surface area contributed by atoms with E-state index in [2.05, 4.69) is 0 Å². The molecule has 0 amide bonds. The minimum absolute atomic E-state index is 0.0149. The number of carbonyl (C=O) groups excluding carboxylic acids is 3. The molecule has 1 aliphatic rings. The van der Waals surface area contributed by atoms with Gasteiger partial charge in [-0.3, -0.25) is 14.4 Å². The Kier molecular flexibility index (Phi) is 6.56. The third kappa shape index (κ3) is 5.31. The van der Waals surface area contributed by atoms with Gasteiger partial charge in [-0.05, 0) is 18.9 Å². The molecule has 25 heavy (non-hydrogen) atoms. The largest absolute Gasteiger partial charge is 0.465 e. The number of rotatable bonds is 4. The van der Waals surface area contributed by atoms with E-state index < -0.39 is 36.0 Å². The molecule has 6 nitrogen and oxygen atoms in total. The second kappa shape index (κ2) is 8.65. The molecule has 0 aliphatic carbocycles. The molecule has 0 N–H and O–H groups in total. The number of hydrogen-bond acceptors (Lipinski definition) is 6. The average Bonchev–Trinajstić information content (AvgIpc) is 2.61. The van der Waals surface area contributed by atoms with E-state index in [1.54, 1.807) is 20.8 Å². The van der Waals surface area contributed by atoms with Crippen molar-refractivity contribution in [3.63, 3.8) is 0 Å². The van der Waals surface area contributed by atoms with Crippen LogP contribution in [0.1, 0.15) is 32.8 Å². The lowest BCUT2D eigenvalue weighted by Gasteiger charge is -2.29. The molecule has 0 saturated carbocycles. The molecule has 1 aromatic carbocycles. The number of benzene rings is 1. The predicted molar refractivity (Wildman–Crippen MR) is 89.5 cm³/mol. The van der Waals surface area contributed by atoms with E-state index in [0.29, 0.717) is 6.42 Å². The van der Waals surface area contributed by atoms with Gasteiger partial charge < -0.3 is 14.2 Å². The van der Waals surface area contributed by atoms with Crippen molar-refractivity contribution in [2.24, 2.45) is 11.8 Å². The molecule has 3 atom stereocenters. The Bertz CT molecular complexity index is 610. The van der Waals surface area contributed by atoms with Crippen molar-refractivity contribution in [1.82, 2.24) is 0 Å². The summed E-state index contributed by atoms with van der Waals surface area (Å²) in [6.07, 6.45) is -1.32. The van der Waals surface area contributed by atoms with E-state index in [4.69, 9.17) is 14.2 Å². The lowest BCUT2D eigenvalue weighted by atomic mass is 9.91. The van der Waals surface area contributed by atoms with Crippen LogP contribution in [0.4, 0.5) is 0 Å². The van der Waals surface area contributed by atoms with Gasteiger partial charge in [0.05, 0.1) is 12.3 Å². The summed E-state index contributed by atoms with van der Waals surface area (Å²) >= 11 is 0. The summed E-state index contributed by atoms with van der Waals surface area (Å²) in [5.41, 5.74) is 0.910. The first-order valence-corrected chi connectivity index (χ1v) is 8.49. The van der Waals surface area contributed by atoms with Gasteiger partial charge in [-0.25, -0.2) is 0 Å². The van der Waals surface area contributed by atoms with Crippen LogP contribution in [-0.4, -0.2) is 36.7 Å². The molecule has 6 heteroatoms. The van der Waals surface area contributed by atoms with Gasteiger partial charge >= 0.3 is 17.9 Å². The molecule has 2 unspecified atom stereocenters. The van der Waals surface area contributed by atoms with Crippen molar-refractivity contribution in [3.05, 3.63) is 35.9 Å². The summed E-state index contributed by atoms with van der Waals surface area (Å²) < 4.78 is 16.1. The second-order valence-corrected chi connectivity index (χ2v) is 6.46. The zero-order valence-electron chi connectivity index (χ0n) is 14.8. The van der Waals surface area contributed by atoms with Crippen LogP contribution in [0.3, 0.4) is 0 Å². The Balaban J connectivity index is 2.31. The first-order valence-electron chi connectivity index (χ1n) is 8.49. The van der Waals surface area contributed by atoms with E-state index in [1.165, 1.54) is 0 Å². The van der Waals surface area contributed by atoms with Gasteiger partial charge in [-0.2, -0.15) is 0 Å². The van der Waals surface area contributed by atoms with Gasteiger partial charge in [0.1, 0.15) is 18.6 Å². The lowest BCUT2D eigenvalue weighted by molar-refractivity contribution is -0.176. The third-order valence-corrected chi connectivity index (χ3v) is 4.05. The predicted octanol–water partition coefficient (Wildman–Crippen LogP) is 2.29. The van der Waals surface area contributed by atoms with Crippen LogP contribution in [0.5, 0.6) is 0 Å². The van der Waals surface area contributed by atoms with Gasteiger partial charge in [0, 0.05) is 0 Å². The molecule has 0 radical (unpaired) electrons. The maximum Gasteiger partial charge on any atom is 0.313 e. The van der Waals surface area contributed by atoms with Crippen molar-refractivity contribution >= 4 is 17.9 Å². The van der Waals surface area contributed by atoms with Crippen LogP contribution >= 0.6 is 0 Å².